The second-order valence-corrected chi connectivity index (χ2v) is 9.20. The molecule has 3 rings (SSSR count). The lowest BCUT2D eigenvalue weighted by Gasteiger charge is -2.41. The SMILES string of the molecule is CN=C(NCc1ccc(CN2CCCCCC2)cc1)NCC(C)(C)N1CCOCC1. The van der Waals surface area contributed by atoms with Gasteiger partial charge in [0.1, 0.15) is 0 Å². The van der Waals surface area contributed by atoms with Crippen molar-refractivity contribution in [2.24, 2.45) is 4.99 Å². The number of likely N-dealkylation sites (tertiary alicyclic amines) is 1. The smallest absolute Gasteiger partial charge is 0.191 e. The fourth-order valence-electron chi connectivity index (χ4n) is 4.30. The van der Waals surface area contributed by atoms with Crippen molar-refractivity contribution >= 4 is 5.96 Å². The van der Waals surface area contributed by atoms with Gasteiger partial charge in [0.15, 0.2) is 5.96 Å². The van der Waals surface area contributed by atoms with E-state index in [0.29, 0.717) is 0 Å². The molecule has 0 aromatic heterocycles. The molecule has 2 N–H and O–H groups in total. The number of hydrogen-bond donors (Lipinski definition) is 2. The summed E-state index contributed by atoms with van der Waals surface area (Å²) in [6, 6.07) is 9.04. The fourth-order valence-corrected chi connectivity index (χ4v) is 4.30. The number of nitrogens with one attached hydrogen (secondary N) is 2. The summed E-state index contributed by atoms with van der Waals surface area (Å²) in [5.41, 5.74) is 2.76. The van der Waals surface area contributed by atoms with Gasteiger partial charge in [0, 0.05) is 45.3 Å². The Morgan fingerprint density at radius 3 is 2.20 bits per heavy atom. The van der Waals surface area contributed by atoms with Crippen LogP contribution < -0.4 is 10.6 Å². The first-order chi connectivity index (χ1) is 14.6. The third-order valence-corrected chi connectivity index (χ3v) is 6.37. The Hall–Kier alpha value is -1.63. The molecule has 2 saturated heterocycles. The topological polar surface area (TPSA) is 52.1 Å². The van der Waals surface area contributed by atoms with Crippen LogP contribution in [-0.4, -0.2) is 74.3 Å². The summed E-state index contributed by atoms with van der Waals surface area (Å²) < 4.78 is 5.48. The molecule has 0 atom stereocenters. The van der Waals surface area contributed by atoms with Crippen molar-refractivity contribution in [2.75, 3.05) is 53.0 Å². The third-order valence-electron chi connectivity index (χ3n) is 6.37. The van der Waals surface area contributed by atoms with Gasteiger partial charge in [0.25, 0.3) is 0 Å². The number of benzene rings is 1. The molecule has 168 valence electrons. The Balaban J connectivity index is 1.43. The summed E-state index contributed by atoms with van der Waals surface area (Å²) in [4.78, 5) is 9.49. The molecule has 2 aliphatic heterocycles. The molecule has 0 aliphatic carbocycles. The van der Waals surface area contributed by atoms with E-state index in [9.17, 15) is 0 Å². The van der Waals surface area contributed by atoms with E-state index < -0.39 is 0 Å². The highest BCUT2D eigenvalue weighted by Crippen LogP contribution is 2.15. The fraction of sp³-hybridized carbons (Fsp3) is 0.708. The summed E-state index contributed by atoms with van der Waals surface area (Å²) in [7, 11) is 1.83. The van der Waals surface area contributed by atoms with Gasteiger partial charge in [-0.1, -0.05) is 37.1 Å². The molecule has 2 fully saturated rings. The zero-order valence-corrected chi connectivity index (χ0v) is 19.3. The number of aliphatic imine (C=N–C) groups is 1. The lowest BCUT2D eigenvalue weighted by atomic mass is 10.0. The van der Waals surface area contributed by atoms with Gasteiger partial charge in [0.2, 0.25) is 0 Å². The molecule has 0 radical (unpaired) electrons. The number of nitrogens with zero attached hydrogens (tertiary/aromatic N) is 3. The van der Waals surface area contributed by atoms with E-state index in [-0.39, 0.29) is 5.54 Å². The van der Waals surface area contributed by atoms with Crippen molar-refractivity contribution in [2.45, 2.75) is 58.2 Å². The third kappa shape index (κ3) is 7.25. The highest BCUT2D eigenvalue weighted by atomic mass is 16.5. The molecular formula is C24H41N5O. The van der Waals surface area contributed by atoms with E-state index in [1.807, 2.05) is 7.05 Å². The Morgan fingerprint density at radius 2 is 1.57 bits per heavy atom. The van der Waals surface area contributed by atoms with Crippen LogP contribution in [0.5, 0.6) is 0 Å². The van der Waals surface area contributed by atoms with Crippen LogP contribution in [0.25, 0.3) is 0 Å². The zero-order valence-electron chi connectivity index (χ0n) is 19.3. The number of ether oxygens (including phenoxy) is 1. The molecule has 0 bridgehead atoms. The van der Waals surface area contributed by atoms with Crippen LogP contribution in [0, 0.1) is 0 Å². The number of rotatable bonds is 7. The molecule has 1 aromatic rings. The number of guanidine groups is 1. The highest BCUT2D eigenvalue weighted by Gasteiger charge is 2.28. The molecule has 30 heavy (non-hydrogen) atoms. The molecule has 0 spiro atoms. The second-order valence-electron chi connectivity index (χ2n) is 9.20. The molecular weight excluding hydrogens is 374 g/mol. The highest BCUT2D eigenvalue weighted by molar-refractivity contribution is 5.79. The van der Waals surface area contributed by atoms with Gasteiger partial charge in [-0.2, -0.15) is 0 Å². The lowest BCUT2D eigenvalue weighted by Crippen LogP contribution is -2.56. The summed E-state index contributed by atoms with van der Waals surface area (Å²) >= 11 is 0. The Bertz CT molecular complexity index is 644. The van der Waals surface area contributed by atoms with E-state index >= 15 is 0 Å². The summed E-state index contributed by atoms with van der Waals surface area (Å²) in [5.74, 6) is 0.852. The largest absolute Gasteiger partial charge is 0.379 e. The molecule has 6 heteroatoms. The predicted molar refractivity (Wildman–Crippen MR) is 125 cm³/mol. The van der Waals surface area contributed by atoms with Crippen LogP contribution in [0.1, 0.15) is 50.7 Å². The molecule has 0 amide bonds. The molecule has 0 saturated carbocycles. The van der Waals surface area contributed by atoms with E-state index in [1.165, 1.54) is 49.9 Å². The average molecular weight is 416 g/mol. The van der Waals surface area contributed by atoms with Gasteiger partial charge in [-0.25, -0.2) is 0 Å². The van der Waals surface area contributed by atoms with Crippen LogP contribution in [0.4, 0.5) is 0 Å². The maximum atomic E-state index is 5.48. The molecule has 2 heterocycles. The Morgan fingerprint density at radius 1 is 0.933 bits per heavy atom. The number of hydrogen-bond acceptors (Lipinski definition) is 4. The average Bonchev–Trinajstić information content (AvgIpc) is 3.04. The van der Waals surface area contributed by atoms with Crippen LogP contribution >= 0.6 is 0 Å². The van der Waals surface area contributed by atoms with Crippen molar-refractivity contribution in [3.63, 3.8) is 0 Å². The van der Waals surface area contributed by atoms with Gasteiger partial charge in [-0.05, 0) is 50.9 Å². The summed E-state index contributed by atoms with van der Waals surface area (Å²) in [5, 5.41) is 6.95. The van der Waals surface area contributed by atoms with Gasteiger partial charge in [-0.15, -0.1) is 0 Å². The number of morpholine rings is 1. The second kappa shape index (κ2) is 11.7. The zero-order chi connectivity index (χ0) is 21.2. The van der Waals surface area contributed by atoms with E-state index in [0.717, 1.165) is 51.9 Å². The first-order valence-electron chi connectivity index (χ1n) is 11.6. The standard InChI is InChI=1S/C24H41N5O/c1-24(2,29-14-16-30-17-15-29)20-27-23(25-3)26-18-21-8-10-22(11-9-21)19-28-12-6-4-5-7-13-28/h8-11H,4-7,12-20H2,1-3H3,(H2,25,26,27). The van der Waals surface area contributed by atoms with Crippen molar-refractivity contribution in [3.05, 3.63) is 35.4 Å². The minimum absolute atomic E-state index is 0.0659. The van der Waals surface area contributed by atoms with Crippen molar-refractivity contribution < 1.29 is 4.74 Å². The maximum absolute atomic E-state index is 5.48. The Kier molecular flexibility index (Phi) is 8.97. The summed E-state index contributed by atoms with van der Waals surface area (Å²) in [6.45, 7) is 13.4. The van der Waals surface area contributed by atoms with Crippen LogP contribution in [0.3, 0.4) is 0 Å². The maximum Gasteiger partial charge on any atom is 0.191 e. The van der Waals surface area contributed by atoms with E-state index in [2.05, 4.69) is 63.5 Å². The molecule has 2 aliphatic rings. The van der Waals surface area contributed by atoms with Gasteiger partial charge in [0.05, 0.1) is 13.2 Å². The summed E-state index contributed by atoms with van der Waals surface area (Å²) in [6.07, 6.45) is 5.47. The lowest BCUT2D eigenvalue weighted by molar-refractivity contribution is -0.00834. The quantitative estimate of drug-likeness (QED) is 0.530. The predicted octanol–water partition coefficient (Wildman–Crippen LogP) is 2.84. The van der Waals surface area contributed by atoms with Crippen LogP contribution in [0.2, 0.25) is 0 Å². The van der Waals surface area contributed by atoms with Crippen molar-refractivity contribution in [3.8, 4) is 0 Å². The van der Waals surface area contributed by atoms with Crippen LogP contribution in [0.15, 0.2) is 29.3 Å². The van der Waals surface area contributed by atoms with Gasteiger partial charge in [-0.3, -0.25) is 14.8 Å². The first kappa shape index (κ1) is 23.0. The molecule has 0 unspecified atom stereocenters. The van der Waals surface area contributed by atoms with Crippen LogP contribution in [-0.2, 0) is 17.8 Å². The van der Waals surface area contributed by atoms with E-state index in [1.54, 1.807) is 0 Å². The van der Waals surface area contributed by atoms with Gasteiger partial charge < -0.3 is 15.4 Å². The molecule has 6 nitrogen and oxygen atoms in total. The van der Waals surface area contributed by atoms with E-state index in [4.69, 9.17) is 4.74 Å². The van der Waals surface area contributed by atoms with Gasteiger partial charge >= 0.3 is 0 Å². The van der Waals surface area contributed by atoms with Crippen molar-refractivity contribution in [1.29, 1.82) is 0 Å². The molecule has 1 aromatic carbocycles. The Labute approximate surface area is 183 Å². The normalized spacial score (nSPS) is 20.0. The first-order valence-corrected chi connectivity index (χ1v) is 11.6. The van der Waals surface area contributed by atoms with Crippen molar-refractivity contribution in [1.82, 2.24) is 20.4 Å². The minimum atomic E-state index is 0.0659. The minimum Gasteiger partial charge on any atom is -0.379 e. The monoisotopic (exact) mass is 415 g/mol.